The molecule has 0 bridgehead atoms. The summed E-state index contributed by atoms with van der Waals surface area (Å²) in [6.07, 6.45) is -4.84. The average Bonchev–Trinajstić information content (AvgIpc) is 2.91. The van der Waals surface area contributed by atoms with E-state index in [1.165, 1.54) is 29.7 Å². The molecule has 2 aromatic carbocycles. The number of hydrogen-bond acceptors (Lipinski definition) is 4. The van der Waals surface area contributed by atoms with Gasteiger partial charge in [0, 0.05) is 5.39 Å². The van der Waals surface area contributed by atoms with Crippen molar-refractivity contribution < 1.29 is 27.4 Å². The second-order valence-corrected chi connectivity index (χ2v) is 6.78. The van der Waals surface area contributed by atoms with Gasteiger partial charge in [0.05, 0.1) is 23.4 Å². The molecule has 0 aliphatic rings. The molecule has 0 fully saturated rings. The maximum atomic E-state index is 14.0. The smallest absolute Gasteiger partial charge is 0.493 e. The van der Waals surface area contributed by atoms with E-state index in [1.54, 1.807) is 24.3 Å². The zero-order valence-electron chi connectivity index (χ0n) is 16.0. The number of alkyl halides is 3. The number of imidazole rings is 1. The van der Waals surface area contributed by atoms with Crippen LogP contribution in [0.2, 0.25) is 0 Å². The third-order valence-electron chi connectivity index (χ3n) is 4.79. The van der Waals surface area contributed by atoms with Gasteiger partial charge >= 0.3 is 12.1 Å². The molecule has 0 saturated heterocycles. The molecule has 160 valence electrons. The number of nitrogens with zero attached hydrogens (tertiary/aromatic N) is 3. The molecule has 0 aliphatic carbocycles. The van der Waals surface area contributed by atoms with Crippen molar-refractivity contribution in [3.63, 3.8) is 0 Å². The molecule has 4 rings (SSSR count). The predicted molar refractivity (Wildman–Crippen MR) is 104 cm³/mol. The number of ether oxygens (including phenoxy) is 1. The Bertz CT molecular complexity index is 1320. The van der Waals surface area contributed by atoms with E-state index in [0.29, 0.717) is 16.5 Å². The highest BCUT2D eigenvalue weighted by Gasteiger charge is 2.31. The van der Waals surface area contributed by atoms with Crippen LogP contribution in [0.3, 0.4) is 0 Å². The molecule has 0 aliphatic heterocycles. The van der Waals surface area contributed by atoms with E-state index < -0.39 is 23.7 Å². The molecule has 6 nitrogen and oxygen atoms in total. The molecule has 0 amide bonds. The third kappa shape index (κ3) is 3.96. The lowest BCUT2D eigenvalue weighted by Crippen LogP contribution is -2.24. The fourth-order valence-electron chi connectivity index (χ4n) is 3.37. The van der Waals surface area contributed by atoms with Crippen LogP contribution < -0.4 is 10.4 Å². The van der Waals surface area contributed by atoms with Crippen molar-refractivity contribution in [1.82, 2.24) is 14.1 Å². The number of halogens is 4. The number of aromatic nitrogens is 3. The summed E-state index contributed by atoms with van der Waals surface area (Å²) in [6.45, 7) is 1.47. The topological polar surface area (TPSA) is 69.3 Å². The van der Waals surface area contributed by atoms with Crippen LogP contribution in [0.25, 0.3) is 16.6 Å². The molecule has 0 atom stereocenters. The van der Waals surface area contributed by atoms with Gasteiger partial charge in [-0.05, 0) is 48.9 Å². The number of fused-ring (bicyclic) bond motifs is 1. The molecular formula is C21H15F4N3O3. The lowest BCUT2D eigenvalue weighted by molar-refractivity contribution is -0.274. The first-order valence-corrected chi connectivity index (χ1v) is 9.05. The van der Waals surface area contributed by atoms with Gasteiger partial charge in [-0.25, -0.2) is 14.3 Å². The van der Waals surface area contributed by atoms with E-state index in [-0.39, 0.29) is 23.8 Å². The van der Waals surface area contributed by atoms with E-state index in [9.17, 15) is 27.5 Å². The number of aromatic hydroxyl groups is 1. The number of hydrogen-bond donors (Lipinski definition) is 1. The molecule has 4 aromatic rings. The monoisotopic (exact) mass is 433 g/mol. The van der Waals surface area contributed by atoms with Gasteiger partial charge in [0.15, 0.2) is 0 Å². The molecule has 0 radical (unpaired) electrons. The first-order chi connectivity index (χ1) is 14.6. The van der Waals surface area contributed by atoms with E-state index in [0.717, 1.165) is 16.7 Å². The van der Waals surface area contributed by atoms with Crippen molar-refractivity contribution in [3.05, 3.63) is 82.3 Å². The Labute approximate surface area is 172 Å². The van der Waals surface area contributed by atoms with E-state index in [1.807, 2.05) is 0 Å². The van der Waals surface area contributed by atoms with Crippen molar-refractivity contribution in [2.75, 3.05) is 0 Å². The van der Waals surface area contributed by atoms with Gasteiger partial charge in [-0.15, -0.1) is 13.2 Å². The van der Waals surface area contributed by atoms with Crippen LogP contribution >= 0.6 is 0 Å². The molecule has 2 heterocycles. The first-order valence-electron chi connectivity index (χ1n) is 9.05. The van der Waals surface area contributed by atoms with E-state index in [2.05, 4.69) is 9.72 Å². The molecular weight excluding hydrogens is 418 g/mol. The number of pyridine rings is 1. The second kappa shape index (κ2) is 7.46. The normalized spacial score (nSPS) is 11.8. The highest BCUT2D eigenvalue weighted by atomic mass is 19.4. The van der Waals surface area contributed by atoms with Gasteiger partial charge in [-0.1, -0.05) is 18.2 Å². The minimum absolute atomic E-state index is 0.0412. The van der Waals surface area contributed by atoms with Crippen molar-refractivity contribution in [2.24, 2.45) is 0 Å². The minimum atomic E-state index is -4.84. The predicted octanol–water partition coefficient (Wildman–Crippen LogP) is 4.29. The Balaban J connectivity index is 1.75. The summed E-state index contributed by atoms with van der Waals surface area (Å²) in [5.74, 6) is -1.55. The first kappa shape index (κ1) is 20.5. The quantitative estimate of drug-likeness (QED) is 0.385. The van der Waals surface area contributed by atoms with Crippen LogP contribution in [0.5, 0.6) is 11.6 Å². The summed E-state index contributed by atoms with van der Waals surface area (Å²) in [5, 5.41) is 11.1. The molecule has 31 heavy (non-hydrogen) atoms. The third-order valence-corrected chi connectivity index (χ3v) is 4.79. The zero-order chi connectivity index (χ0) is 22.3. The summed E-state index contributed by atoms with van der Waals surface area (Å²) < 4.78 is 57.0. The fraction of sp³-hybridized carbons (Fsp3) is 0.143. The molecule has 0 unspecified atom stereocenters. The van der Waals surface area contributed by atoms with Crippen LogP contribution in [0.15, 0.2) is 59.4 Å². The highest BCUT2D eigenvalue weighted by molar-refractivity contribution is 5.81. The average molecular weight is 433 g/mol. The standard InChI is InChI=1S/C21H15F4N3O3/c1-12-19(29)28(14-6-8-15(9-7-14)31-21(23,24)25)20(30)27(12)11-13-10-18(22)26-17-5-3-2-4-16(13)17/h2-10,29H,11H2,1H3. The molecule has 2 aromatic heterocycles. The highest BCUT2D eigenvalue weighted by Crippen LogP contribution is 2.26. The molecule has 10 heteroatoms. The number of rotatable bonds is 4. The van der Waals surface area contributed by atoms with Gasteiger partial charge in [0.1, 0.15) is 5.75 Å². The summed E-state index contributed by atoms with van der Waals surface area (Å²) in [4.78, 5) is 16.8. The SMILES string of the molecule is Cc1c(O)n(-c2ccc(OC(F)(F)F)cc2)c(=O)n1Cc1cc(F)nc2ccccc12. The lowest BCUT2D eigenvalue weighted by Gasteiger charge is -2.09. The van der Waals surface area contributed by atoms with Crippen LogP contribution in [0, 0.1) is 12.9 Å². The van der Waals surface area contributed by atoms with Gasteiger partial charge in [0.25, 0.3) is 0 Å². The number of benzene rings is 2. The van der Waals surface area contributed by atoms with Gasteiger partial charge in [-0.3, -0.25) is 4.57 Å². The molecule has 1 N–H and O–H groups in total. The maximum Gasteiger partial charge on any atom is 0.573 e. The van der Waals surface area contributed by atoms with Crippen LogP contribution in [0.1, 0.15) is 11.3 Å². The van der Waals surface area contributed by atoms with Gasteiger partial charge < -0.3 is 9.84 Å². The van der Waals surface area contributed by atoms with Crippen LogP contribution in [-0.2, 0) is 6.54 Å². The fourth-order valence-corrected chi connectivity index (χ4v) is 3.37. The number of para-hydroxylation sites is 1. The summed E-state index contributed by atoms with van der Waals surface area (Å²) in [7, 11) is 0. The Morgan fingerprint density at radius 2 is 1.77 bits per heavy atom. The largest absolute Gasteiger partial charge is 0.573 e. The Hall–Kier alpha value is -3.82. The van der Waals surface area contributed by atoms with Crippen LogP contribution in [-0.4, -0.2) is 25.6 Å². The van der Waals surface area contributed by atoms with Crippen molar-refractivity contribution in [2.45, 2.75) is 19.8 Å². The summed E-state index contributed by atoms with van der Waals surface area (Å²) >= 11 is 0. The lowest BCUT2D eigenvalue weighted by atomic mass is 10.1. The summed E-state index contributed by atoms with van der Waals surface area (Å²) in [6, 6.07) is 12.6. The van der Waals surface area contributed by atoms with Crippen LogP contribution in [0.4, 0.5) is 17.6 Å². The van der Waals surface area contributed by atoms with Crippen molar-refractivity contribution in [1.29, 1.82) is 0 Å². The van der Waals surface area contributed by atoms with E-state index >= 15 is 0 Å². The second-order valence-electron chi connectivity index (χ2n) is 6.78. The van der Waals surface area contributed by atoms with E-state index in [4.69, 9.17) is 0 Å². The maximum absolute atomic E-state index is 14.0. The van der Waals surface area contributed by atoms with Crippen molar-refractivity contribution in [3.8, 4) is 17.3 Å². The molecule has 0 spiro atoms. The van der Waals surface area contributed by atoms with Gasteiger partial charge in [-0.2, -0.15) is 4.39 Å². The minimum Gasteiger partial charge on any atom is -0.493 e. The Morgan fingerprint density at radius 3 is 2.45 bits per heavy atom. The zero-order valence-corrected chi connectivity index (χ0v) is 16.0. The Morgan fingerprint density at radius 1 is 1.10 bits per heavy atom. The van der Waals surface area contributed by atoms with Crippen molar-refractivity contribution >= 4 is 10.9 Å². The van der Waals surface area contributed by atoms with Gasteiger partial charge in [0.2, 0.25) is 11.8 Å². The molecule has 0 saturated carbocycles. The summed E-state index contributed by atoms with van der Waals surface area (Å²) in [5.41, 5.74) is 0.624. The Kier molecular flexibility index (Phi) is 4.92.